The Bertz CT molecular complexity index is 2010. The Morgan fingerprint density at radius 3 is 2.54 bits per heavy atom. The number of nitrogens with one attached hydrogen (secondary N) is 3. The molecule has 5 atom stereocenters. The van der Waals surface area contributed by atoms with E-state index in [1.807, 2.05) is 41.8 Å². The number of ether oxygens (including phenoxy) is 3. The van der Waals surface area contributed by atoms with Gasteiger partial charge in [0.2, 0.25) is 11.8 Å². The number of amides is 3. The van der Waals surface area contributed by atoms with Gasteiger partial charge in [-0.2, -0.15) is 0 Å². The molecule has 15 heteroatoms. The van der Waals surface area contributed by atoms with E-state index in [9.17, 15) is 24.3 Å². The summed E-state index contributed by atoms with van der Waals surface area (Å²) in [6.07, 6.45) is 14.4. The maximum absolute atomic E-state index is 14.6. The molecule has 0 bridgehead atoms. The summed E-state index contributed by atoms with van der Waals surface area (Å²) in [5.41, 5.74) is 0.472. The van der Waals surface area contributed by atoms with Crippen molar-refractivity contribution in [3.8, 4) is 22.9 Å². The van der Waals surface area contributed by atoms with Gasteiger partial charge in [-0.1, -0.05) is 37.8 Å². The smallest absolute Gasteiger partial charge is 0.408 e. The minimum absolute atomic E-state index is 0.0393. The highest BCUT2D eigenvalue weighted by atomic mass is 32.1. The van der Waals surface area contributed by atoms with Gasteiger partial charge in [-0.3, -0.25) is 9.59 Å². The van der Waals surface area contributed by atoms with Gasteiger partial charge in [0.25, 0.3) is 0 Å². The summed E-state index contributed by atoms with van der Waals surface area (Å²) < 4.78 is 18.0. The van der Waals surface area contributed by atoms with Crippen molar-refractivity contribution in [1.82, 2.24) is 25.5 Å². The zero-order valence-corrected chi connectivity index (χ0v) is 33.2. The van der Waals surface area contributed by atoms with E-state index in [0.717, 1.165) is 62.9 Å². The Balaban J connectivity index is 1.09. The van der Waals surface area contributed by atoms with Crippen molar-refractivity contribution in [3.05, 3.63) is 41.8 Å². The molecule has 8 rings (SSSR count). The monoisotopic (exact) mass is 800 g/mol. The lowest BCUT2D eigenvalue weighted by molar-refractivity contribution is -0.145. The molecule has 57 heavy (non-hydrogen) atoms. The second-order valence-corrected chi connectivity index (χ2v) is 17.0. The third-order valence-corrected chi connectivity index (χ3v) is 13.0. The molecule has 3 aromatic rings. The lowest BCUT2D eigenvalue weighted by Crippen LogP contribution is -2.56. The van der Waals surface area contributed by atoms with Crippen LogP contribution in [0.2, 0.25) is 0 Å². The van der Waals surface area contributed by atoms with E-state index in [2.05, 4.69) is 16.0 Å². The summed E-state index contributed by atoms with van der Waals surface area (Å²) in [6, 6.07) is 5.79. The van der Waals surface area contributed by atoms with E-state index in [4.69, 9.17) is 24.2 Å². The molecule has 2 aromatic heterocycles. The van der Waals surface area contributed by atoms with Gasteiger partial charge < -0.3 is 40.2 Å². The molecular weight excluding hydrogens is 749 g/mol. The van der Waals surface area contributed by atoms with Crippen LogP contribution in [0.5, 0.6) is 11.5 Å². The fourth-order valence-electron chi connectivity index (χ4n) is 8.89. The Morgan fingerprint density at radius 2 is 1.75 bits per heavy atom. The maximum atomic E-state index is 14.6. The summed E-state index contributed by atoms with van der Waals surface area (Å²) in [5, 5.41) is 23.0. The SMILES string of the molecule is COc1ccc2c(O[C@@H]3CC4C(=O)N[C@]5(C(=O)O)C[C@H]5/C=C\CCCCC[C@@H](NC(=O)OC5CCCC5)C(=O)N4C3)cc(-c3csc(NC4CCCC4)n3)nc2c1. The zero-order chi connectivity index (χ0) is 39.5. The van der Waals surface area contributed by atoms with Crippen LogP contribution in [0.1, 0.15) is 96.3 Å². The van der Waals surface area contributed by atoms with Crippen LogP contribution in [0.4, 0.5) is 9.93 Å². The first-order valence-electron chi connectivity index (χ1n) is 20.6. The van der Waals surface area contributed by atoms with E-state index < -0.39 is 47.6 Å². The molecule has 3 saturated carbocycles. The number of fused-ring (bicyclic) bond motifs is 3. The molecule has 1 aromatic carbocycles. The van der Waals surface area contributed by atoms with Gasteiger partial charge in [-0.15, -0.1) is 11.3 Å². The third kappa shape index (κ3) is 8.68. The molecular formula is C42H52N6O8S. The highest BCUT2D eigenvalue weighted by molar-refractivity contribution is 7.14. The zero-order valence-electron chi connectivity index (χ0n) is 32.4. The number of benzene rings is 1. The number of rotatable bonds is 9. The number of methoxy groups -OCH3 is 1. The quantitative estimate of drug-likeness (QED) is 0.172. The predicted octanol–water partition coefficient (Wildman–Crippen LogP) is 6.59. The van der Waals surface area contributed by atoms with E-state index in [-0.39, 0.29) is 31.4 Å². The van der Waals surface area contributed by atoms with E-state index in [1.165, 1.54) is 29.1 Å². The summed E-state index contributed by atoms with van der Waals surface area (Å²) in [4.78, 5) is 65.9. The molecule has 4 heterocycles. The number of alkyl carbamates (subject to hydrolysis) is 1. The first kappa shape index (κ1) is 38.9. The number of aliphatic carboxylic acids is 1. The van der Waals surface area contributed by atoms with Crippen molar-refractivity contribution < 1.29 is 38.5 Å². The van der Waals surface area contributed by atoms with Gasteiger partial charge in [-0.05, 0) is 76.3 Å². The maximum Gasteiger partial charge on any atom is 0.408 e. The van der Waals surface area contributed by atoms with Gasteiger partial charge in [0.05, 0.1) is 24.9 Å². The molecule has 304 valence electrons. The molecule has 1 unspecified atom stereocenters. The number of hydrogen-bond acceptors (Lipinski definition) is 11. The summed E-state index contributed by atoms with van der Waals surface area (Å²) in [7, 11) is 1.59. The Kier molecular flexibility index (Phi) is 11.5. The number of anilines is 1. The predicted molar refractivity (Wildman–Crippen MR) is 214 cm³/mol. The fourth-order valence-corrected chi connectivity index (χ4v) is 9.68. The van der Waals surface area contributed by atoms with Crippen LogP contribution >= 0.6 is 11.3 Å². The summed E-state index contributed by atoms with van der Waals surface area (Å²) in [5.74, 6) is -1.32. The standard InChI is InChI=1S/C42H52N6O8S/c1-54-28-17-18-30-32(19-28)44-33(34-24-57-40(45-34)43-26-12-7-8-13-26)21-36(30)55-29-20-35-37(49)47-42(39(51)52)22-25(42)11-5-3-2-4-6-16-31(38(50)48(35)23-29)46-41(53)56-27-14-9-10-15-27/h5,11,17-19,21,24-27,29,31,35H,2-4,6-10,12-16,20,22-23H2,1H3,(H,43,45)(H,46,53)(H,47,49)(H,51,52)/b11-5-/t25-,29-,31-,35?,42-/m1/s1. The van der Waals surface area contributed by atoms with Crippen molar-refractivity contribution >= 4 is 51.2 Å². The molecule has 4 fully saturated rings. The van der Waals surface area contributed by atoms with E-state index in [1.54, 1.807) is 7.11 Å². The number of pyridine rings is 1. The lowest BCUT2D eigenvalue weighted by Gasteiger charge is -2.29. The molecule has 0 spiro atoms. The highest BCUT2D eigenvalue weighted by Crippen LogP contribution is 2.45. The van der Waals surface area contributed by atoms with Crippen LogP contribution in [0, 0.1) is 5.92 Å². The largest absolute Gasteiger partial charge is 0.497 e. The van der Waals surface area contributed by atoms with Gasteiger partial charge in [-0.25, -0.2) is 19.6 Å². The number of carbonyl (C=O) groups is 4. The second kappa shape index (κ2) is 16.9. The van der Waals surface area contributed by atoms with Crippen LogP contribution in [0.15, 0.2) is 41.8 Å². The molecule has 1 saturated heterocycles. The molecule has 0 radical (unpaired) electrons. The second-order valence-electron chi connectivity index (χ2n) is 16.2. The average Bonchev–Trinajstić information content (AvgIpc) is 3.85. The van der Waals surface area contributed by atoms with Crippen LogP contribution in [-0.2, 0) is 19.1 Å². The number of carboxylic acids is 1. The molecule has 4 N–H and O–H groups in total. The first-order valence-corrected chi connectivity index (χ1v) is 21.4. The van der Waals surface area contributed by atoms with Gasteiger partial charge in [0.1, 0.15) is 47.0 Å². The van der Waals surface area contributed by atoms with Crippen molar-refractivity contribution in [2.75, 3.05) is 19.0 Å². The Morgan fingerprint density at radius 1 is 0.965 bits per heavy atom. The molecule has 5 aliphatic rings. The minimum Gasteiger partial charge on any atom is -0.497 e. The number of carboxylic acid groups (broad SMARTS) is 1. The topological polar surface area (TPSA) is 181 Å². The summed E-state index contributed by atoms with van der Waals surface area (Å²) in [6.45, 7) is 0.0393. The Hall–Kier alpha value is -4.92. The molecule has 2 aliphatic heterocycles. The van der Waals surface area contributed by atoms with Gasteiger partial charge >= 0.3 is 12.1 Å². The number of nitrogens with zero attached hydrogens (tertiary/aromatic N) is 3. The van der Waals surface area contributed by atoms with Crippen molar-refractivity contribution in [1.29, 1.82) is 0 Å². The fraction of sp³-hybridized carbons (Fsp3) is 0.571. The number of carbonyl (C=O) groups excluding carboxylic acids is 3. The normalized spacial score (nSPS) is 27.8. The van der Waals surface area contributed by atoms with Crippen molar-refractivity contribution in [3.63, 3.8) is 0 Å². The van der Waals surface area contributed by atoms with Gasteiger partial charge in [0.15, 0.2) is 5.13 Å². The van der Waals surface area contributed by atoms with Crippen molar-refractivity contribution in [2.24, 2.45) is 5.92 Å². The minimum atomic E-state index is -1.45. The lowest BCUT2D eigenvalue weighted by atomic mass is 10.0. The van der Waals surface area contributed by atoms with Crippen LogP contribution in [0.25, 0.3) is 22.3 Å². The number of aromatic nitrogens is 2. The van der Waals surface area contributed by atoms with Gasteiger partial charge in [0, 0.05) is 41.3 Å². The average molecular weight is 801 g/mol. The van der Waals surface area contributed by atoms with E-state index >= 15 is 0 Å². The molecule has 3 amide bonds. The molecule has 3 aliphatic carbocycles. The number of thiazole rings is 1. The first-order chi connectivity index (χ1) is 27.7. The Labute approximate surface area is 336 Å². The third-order valence-electron chi connectivity index (χ3n) is 12.2. The van der Waals surface area contributed by atoms with Crippen LogP contribution in [-0.4, -0.2) is 93.4 Å². The van der Waals surface area contributed by atoms with Crippen molar-refractivity contribution in [2.45, 2.75) is 132 Å². The highest BCUT2D eigenvalue weighted by Gasteiger charge is 2.61. The van der Waals surface area contributed by atoms with Crippen LogP contribution < -0.4 is 25.4 Å². The van der Waals surface area contributed by atoms with E-state index in [0.29, 0.717) is 52.7 Å². The number of hydrogen-bond donors (Lipinski definition) is 4. The van der Waals surface area contributed by atoms with Crippen LogP contribution in [0.3, 0.4) is 0 Å². The molecule has 14 nitrogen and oxygen atoms in total. The number of allylic oxidation sites excluding steroid dienone is 1. The summed E-state index contributed by atoms with van der Waals surface area (Å²) >= 11 is 1.53.